The molecule has 2 heteroatoms. The van der Waals surface area contributed by atoms with Crippen molar-refractivity contribution in [2.75, 3.05) is 14.1 Å². The summed E-state index contributed by atoms with van der Waals surface area (Å²) < 4.78 is 0. The van der Waals surface area contributed by atoms with E-state index in [9.17, 15) is 0 Å². The molecule has 0 aromatic carbocycles. The van der Waals surface area contributed by atoms with Crippen molar-refractivity contribution in [2.45, 2.75) is 32.2 Å². The summed E-state index contributed by atoms with van der Waals surface area (Å²) in [7, 11) is 4.09. The molecule has 1 aliphatic carbocycles. The minimum atomic E-state index is 0.655. The molecule has 1 fully saturated rings. The molecular formula is C8H18N2. The van der Waals surface area contributed by atoms with Gasteiger partial charge in [-0.15, -0.1) is 0 Å². The van der Waals surface area contributed by atoms with Crippen LogP contribution < -0.4 is 5.43 Å². The van der Waals surface area contributed by atoms with Gasteiger partial charge in [0, 0.05) is 20.1 Å². The van der Waals surface area contributed by atoms with Gasteiger partial charge in [0.2, 0.25) is 0 Å². The van der Waals surface area contributed by atoms with Crippen LogP contribution in [0.15, 0.2) is 0 Å². The number of rotatable bonds is 4. The van der Waals surface area contributed by atoms with Crippen LogP contribution in [0.3, 0.4) is 0 Å². The Morgan fingerprint density at radius 1 is 1.50 bits per heavy atom. The monoisotopic (exact) mass is 142 g/mol. The lowest BCUT2D eigenvalue weighted by atomic mass is 10.2. The molecule has 1 rings (SSSR count). The first-order chi connectivity index (χ1) is 4.68. The number of nitrogens with zero attached hydrogens (tertiary/aromatic N) is 1. The highest BCUT2D eigenvalue weighted by molar-refractivity contribution is 4.77. The number of hydrazine groups is 1. The van der Waals surface area contributed by atoms with Crippen LogP contribution in [0, 0.1) is 5.92 Å². The molecule has 1 N–H and O–H groups in total. The topological polar surface area (TPSA) is 15.3 Å². The molecule has 0 aliphatic heterocycles. The van der Waals surface area contributed by atoms with Crippen LogP contribution in [-0.4, -0.2) is 25.1 Å². The lowest BCUT2D eigenvalue weighted by Gasteiger charge is -2.18. The van der Waals surface area contributed by atoms with Crippen LogP contribution in [0.5, 0.6) is 0 Å². The van der Waals surface area contributed by atoms with Gasteiger partial charge in [-0.25, -0.2) is 0 Å². The SMILES string of the molecule is CC(CC1CC1)NN(C)C. The Labute approximate surface area is 63.6 Å². The highest BCUT2D eigenvalue weighted by Gasteiger charge is 2.23. The van der Waals surface area contributed by atoms with Crippen molar-refractivity contribution in [3.8, 4) is 0 Å². The van der Waals surface area contributed by atoms with E-state index in [0.29, 0.717) is 6.04 Å². The van der Waals surface area contributed by atoms with Gasteiger partial charge in [-0.2, -0.15) is 0 Å². The molecule has 2 nitrogen and oxygen atoms in total. The summed E-state index contributed by atoms with van der Waals surface area (Å²) in [5, 5.41) is 2.03. The summed E-state index contributed by atoms with van der Waals surface area (Å²) in [5.74, 6) is 1.03. The second kappa shape index (κ2) is 3.35. The molecule has 0 spiro atoms. The zero-order valence-electron chi connectivity index (χ0n) is 7.22. The van der Waals surface area contributed by atoms with E-state index < -0.39 is 0 Å². The van der Waals surface area contributed by atoms with Gasteiger partial charge in [0.15, 0.2) is 0 Å². The Hall–Kier alpha value is -0.0800. The third-order valence-corrected chi connectivity index (χ3v) is 1.86. The Balaban J connectivity index is 2.02. The Bertz CT molecular complexity index is 93.4. The van der Waals surface area contributed by atoms with Gasteiger partial charge < -0.3 is 0 Å². The maximum atomic E-state index is 3.35. The van der Waals surface area contributed by atoms with Crippen LogP contribution >= 0.6 is 0 Å². The number of hydrogen-bond donors (Lipinski definition) is 1. The summed E-state index contributed by atoms with van der Waals surface area (Å²) in [6, 6.07) is 0.655. The van der Waals surface area contributed by atoms with Gasteiger partial charge in [-0.05, 0) is 19.3 Å². The molecule has 1 aliphatic rings. The van der Waals surface area contributed by atoms with E-state index in [-0.39, 0.29) is 0 Å². The molecule has 0 bridgehead atoms. The fourth-order valence-corrected chi connectivity index (χ4v) is 1.35. The minimum absolute atomic E-state index is 0.655. The molecule has 0 radical (unpaired) electrons. The van der Waals surface area contributed by atoms with Crippen LogP contribution in [-0.2, 0) is 0 Å². The molecule has 0 aromatic heterocycles. The standard InChI is InChI=1S/C8H18N2/c1-7(9-10(2)3)6-8-4-5-8/h7-9H,4-6H2,1-3H3. The highest BCUT2D eigenvalue weighted by Crippen LogP contribution is 2.33. The van der Waals surface area contributed by atoms with E-state index in [1.165, 1.54) is 19.3 Å². The zero-order valence-corrected chi connectivity index (χ0v) is 7.22. The van der Waals surface area contributed by atoms with E-state index >= 15 is 0 Å². The quantitative estimate of drug-likeness (QED) is 0.594. The smallest absolute Gasteiger partial charge is 0.0189 e. The van der Waals surface area contributed by atoms with Crippen molar-refractivity contribution in [1.29, 1.82) is 0 Å². The second-order valence-electron chi connectivity index (χ2n) is 3.60. The summed E-state index contributed by atoms with van der Waals surface area (Å²) in [4.78, 5) is 0. The lowest BCUT2D eigenvalue weighted by Crippen LogP contribution is -2.38. The average molecular weight is 142 g/mol. The van der Waals surface area contributed by atoms with Crippen molar-refractivity contribution in [3.63, 3.8) is 0 Å². The first-order valence-electron chi connectivity index (χ1n) is 4.12. The maximum absolute atomic E-state index is 3.35. The molecule has 1 saturated carbocycles. The number of hydrogen-bond acceptors (Lipinski definition) is 2. The van der Waals surface area contributed by atoms with Crippen molar-refractivity contribution in [2.24, 2.45) is 5.92 Å². The molecule has 1 atom stereocenters. The first kappa shape index (κ1) is 8.02. The molecule has 0 heterocycles. The maximum Gasteiger partial charge on any atom is 0.0189 e. The third kappa shape index (κ3) is 3.18. The molecule has 0 amide bonds. The van der Waals surface area contributed by atoms with Gasteiger partial charge in [-0.1, -0.05) is 12.8 Å². The third-order valence-electron chi connectivity index (χ3n) is 1.86. The molecule has 1 unspecified atom stereocenters. The molecule has 0 aromatic rings. The summed E-state index contributed by atoms with van der Waals surface area (Å²) in [6.45, 7) is 2.25. The van der Waals surface area contributed by atoms with Gasteiger partial charge in [0.05, 0.1) is 0 Å². The lowest BCUT2D eigenvalue weighted by molar-refractivity contribution is 0.239. The number of nitrogens with one attached hydrogen (secondary N) is 1. The fraction of sp³-hybridized carbons (Fsp3) is 1.00. The van der Waals surface area contributed by atoms with E-state index in [4.69, 9.17) is 0 Å². The Kier molecular flexibility index (Phi) is 2.69. The van der Waals surface area contributed by atoms with Gasteiger partial charge in [0.25, 0.3) is 0 Å². The largest absolute Gasteiger partial charge is 0.253 e. The van der Waals surface area contributed by atoms with Crippen molar-refractivity contribution >= 4 is 0 Å². The van der Waals surface area contributed by atoms with Crippen LogP contribution in [0.1, 0.15) is 26.2 Å². The first-order valence-corrected chi connectivity index (χ1v) is 4.12. The van der Waals surface area contributed by atoms with Crippen molar-refractivity contribution in [3.05, 3.63) is 0 Å². The second-order valence-corrected chi connectivity index (χ2v) is 3.60. The minimum Gasteiger partial charge on any atom is -0.253 e. The van der Waals surface area contributed by atoms with Crippen molar-refractivity contribution in [1.82, 2.24) is 10.4 Å². The summed E-state index contributed by atoms with van der Waals surface area (Å²) in [5.41, 5.74) is 3.35. The van der Waals surface area contributed by atoms with E-state index in [1.807, 2.05) is 19.1 Å². The zero-order chi connectivity index (χ0) is 7.56. The van der Waals surface area contributed by atoms with E-state index in [1.54, 1.807) is 0 Å². The van der Waals surface area contributed by atoms with Crippen molar-refractivity contribution < 1.29 is 0 Å². The highest BCUT2D eigenvalue weighted by atomic mass is 15.5. The molecular weight excluding hydrogens is 124 g/mol. The van der Waals surface area contributed by atoms with Crippen LogP contribution in [0.4, 0.5) is 0 Å². The summed E-state index contributed by atoms with van der Waals surface area (Å²) in [6.07, 6.45) is 4.26. The predicted molar refractivity (Wildman–Crippen MR) is 43.6 cm³/mol. The normalized spacial score (nSPS) is 21.6. The summed E-state index contributed by atoms with van der Waals surface area (Å²) >= 11 is 0. The van der Waals surface area contributed by atoms with Gasteiger partial charge >= 0.3 is 0 Å². The van der Waals surface area contributed by atoms with E-state index in [2.05, 4.69) is 12.3 Å². The van der Waals surface area contributed by atoms with Gasteiger partial charge in [-0.3, -0.25) is 10.4 Å². The van der Waals surface area contributed by atoms with E-state index in [0.717, 1.165) is 5.92 Å². The fourth-order valence-electron chi connectivity index (χ4n) is 1.35. The average Bonchev–Trinajstić information content (AvgIpc) is 2.46. The van der Waals surface area contributed by atoms with Gasteiger partial charge in [0.1, 0.15) is 0 Å². The molecule has 60 valence electrons. The molecule has 0 saturated heterocycles. The van der Waals surface area contributed by atoms with Crippen LogP contribution in [0.25, 0.3) is 0 Å². The van der Waals surface area contributed by atoms with Crippen LogP contribution in [0.2, 0.25) is 0 Å². The molecule has 10 heavy (non-hydrogen) atoms. The Morgan fingerprint density at radius 3 is 2.50 bits per heavy atom. The predicted octanol–water partition coefficient (Wildman–Crippen LogP) is 1.24. The Morgan fingerprint density at radius 2 is 2.10 bits per heavy atom.